The molecule has 0 rings (SSSR count). The van der Waals surface area contributed by atoms with Crippen molar-refractivity contribution in [1.29, 1.82) is 0 Å². The van der Waals surface area contributed by atoms with Gasteiger partial charge in [-0.05, 0) is 0 Å². The van der Waals surface area contributed by atoms with E-state index in [4.69, 9.17) is 42.2 Å². The maximum Gasteiger partial charge on any atom is 3.00 e. The molecular weight excluding hydrogens is 328 g/mol. The zero-order valence-electron chi connectivity index (χ0n) is 7.46. The summed E-state index contributed by atoms with van der Waals surface area (Å²) in [4.78, 5) is 51.1. The molecular formula is AlLiO9Si3Zn. The molecule has 0 fully saturated rings. The van der Waals surface area contributed by atoms with E-state index in [9.17, 15) is 0 Å². The van der Waals surface area contributed by atoms with Crippen molar-refractivity contribution in [2.45, 2.75) is 0 Å². The average Bonchev–Trinajstić information content (AvgIpc) is 1.54. The van der Waals surface area contributed by atoms with Gasteiger partial charge in [0.15, 0.2) is 0 Å². The van der Waals surface area contributed by atoms with Gasteiger partial charge in [-0.15, -0.1) is 0 Å². The molecule has 0 aliphatic carbocycles. The van der Waals surface area contributed by atoms with Gasteiger partial charge in [-0.1, -0.05) is 0 Å². The molecule has 0 unspecified atom stereocenters. The second kappa shape index (κ2) is 29.3. The Labute approximate surface area is 125 Å². The monoisotopic (exact) mass is 326 g/mol. The molecule has 15 heavy (non-hydrogen) atoms. The third kappa shape index (κ3) is 6360. The van der Waals surface area contributed by atoms with E-state index in [1.165, 1.54) is 0 Å². The summed E-state index contributed by atoms with van der Waals surface area (Å²) in [5, 5.41) is 0. The molecule has 0 heterocycles. The van der Waals surface area contributed by atoms with E-state index in [0.717, 1.165) is 0 Å². The maximum atomic E-state index is 8.52. The summed E-state index contributed by atoms with van der Waals surface area (Å²) in [5.41, 5.74) is 0. The first-order chi connectivity index (χ1) is 5.20. The van der Waals surface area contributed by atoms with Crippen LogP contribution < -0.4 is 47.6 Å². The molecule has 0 radical (unpaired) electrons. The molecule has 0 saturated heterocycles. The van der Waals surface area contributed by atoms with E-state index < -0.39 is 27.5 Å². The minimum atomic E-state index is -3.63. The summed E-state index contributed by atoms with van der Waals surface area (Å²) in [6, 6.07) is 0. The first kappa shape index (κ1) is 36.1. The minimum absolute atomic E-state index is 0. The van der Waals surface area contributed by atoms with Crippen molar-refractivity contribution in [1.82, 2.24) is 0 Å². The molecule has 0 saturated carbocycles. The van der Waals surface area contributed by atoms with E-state index in [1.54, 1.807) is 0 Å². The van der Waals surface area contributed by atoms with Crippen molar-refractivity contribution in [2.24, 2.45) is 0 Å². The van der Waals surface area contributed by atoms with Crippen LogP contribution in [0.25, 0.3) is 0 Å². The fourth-order valence-corrected chi connectivity index (χ4v) is 0. The van der Waals surface area contributed by atoms with Gasteiger partial charge in [-0.3, -0.25) is 0 Å². The molecule has 0 aromatic heterocycles. The number of rotatable bonds is 0. The van der Waals surface area contributed by atoms with Gasteiger partial charge >= 0.3 is 55.7 Å². The summed E-state index contributed by atoms with van der Waals surface area (Å²) >= 11 is 0. The fraction of sp³-hybridized carbons (Fsp3) is 0. The Hall–Kier alpha value is 0.604. The van der Waals surface area contributed by atoms with E-state index in [-0.39, 0.29) is 55.7 Å². The van der Waals surface area contributed by atoms with Crippen LogP contribution in [-0.2, 0) is 32.9 Å². The molecule has 15 heteroatoms. The maximum absolute atomic E-state index is 8.52. The van der Waals surface area contributed by atoms with Crippen molar-refractivity contribution < 1.29 is 80.5 Å². The van der Waals surface area contributed by atoms with Crippen LogP contribution in [0.5, 0.6) is 0 Å². The molecule has 0 atom stereocenters. The molecule has 0 aliphatic heterocycles. The average molecular weight is 328 g/mol. The molecule has 0 amide bonds. The van der Waals surface area contributed by atoms with Crippen LogP contribution in [0.3, 0.4) is 0 Å². The third-order valence-electron chi connectivity index (χ3n) is 0. The smallest absolute Gasteiger partial charge is 0.672 e. The van der Waals surface area contributed by atoms with E-state index >= 15 is 0 Å². The van der Waals surface area contributed by atoms with Gasteiger partial charge in [0.2, 0.25) is 0 Å². The van der Waals surface area contributed by atoms with Crippen LogP contribution in [0.1, 0.15) is 0 Å². The summed E-state index contributed by atoms with van der Waals surface area (Å²) in [6.45, 7) is 0. The Morgan fingerprint density at radius 3 is 0.600 bits per heavy atom. The van der Waals surface area contributed by atoms with Crippen molar-refractivity contribution in [3.8, 4) is 0 Å². The van der Waals surface area contributed by atoms with Gasteiger partial charge in [-0.25, -0.2) is 0 Å². The van der Waals surface area contributed by atoms with Crippen LogP contribution in [-0.4, -0.2) is 44.9 Å². The predicted octanol–water partition coefficient (Wildman–Crippen LogP) is -12.0. The van der Waals surface area contributed by atoms with Gasteiger partial charge < -0.3 is 42.2 Å². The van der Waals surface area contributed by atoms with Crippen LogP contribution in [0.4, 0.5) is 0 Å². The van der Waals surface area contributed by atoms with Crippen molar-refractivity contribution in [3.63, 3.8) is 0 Å². The predicted molar refractivity (Wildman–Crippen MR) is 25.1 cm³/mol. The number of hydrogen-bond donors (Lipinski definition) is 0. The molecule has 0 aliphatic rings. The first-order valence-corrected chi connectivity index (χ1v) is 5.51. The Morgan fingerprint density at radius 2 is 0.600 bits per heavy atom. The summed E-state index contributed by atoms with van der Waals surface area (Å²) in [6.07, 6.45) is 0. The Bertz CT molecular complexity index is 123. The molecule has 0 spiro atoms. The molecule has 0 aromatic carbocycles. The first-order valence-electron chi connectivity index (χ1n) is 1.84. The zero-order chi connectivity index (χ0) is 10.7. The Morgan fingerprint density at radius 1 is 0.600 bits per heavy atom. The van der Waals surface area contributed by atoms with E-state index in [2.05, 4.69) is 0 Å². The second-order valence-corrected chi connectivity index (χ2v) is 2.25. The van der Waals surface area contributed by atoms with E-state index in [0.29, 0.717) is 0 Å². The van der Waals surface area contributed by atoms with Gasteiger partial charge in [0.05, 0.1) is 0 Å². The van der Waals surface area contributed by atoms with E-state index in [1.807, 2.05) is 0 Å². The quantitative estimate of drug-likeness (QED) is 0.388. The van der Waals surface area contributed by atoms with Crippen LogP contribution in [0.2, 0.25) is 0 Å². The fourth-order valence-electron chi connectivity index (χ4n) is 0. The molecule has 72 valence electrons. The van der Waals surface area contributed by atoms with Gasteiger partial charge in [0.1, 0.15) is 0 Å². The zero-order valence-corrected chi connectivity index (χ0v) is 14.6. The number of hydrogen-bond acceptors (Lipinski definition) is 9. The third-order valence-corrected chi connectivity index (χ3v) is 0. The summed E-state index contributed by atoms with van der Waals surface area (Å²) in [7, 11) is -10.9. The van der Waals surface area contributed by atoms with Gasteiger partial charge in [0, 0.05) is 27.5 Å². The normalized spacial score (nSPS) is 4.80. The topological polar surface area (TPSA) is 190 Å². The summed E-state index contributed by atoms with van der Waals surface area (Å²) in [5.74, 6) is 0. The van der Waals surface area contributed by atoms with Crippen molar-refractivity contribution in [3.05, 3.63) is 0 Å². The van der Waals surface area contributed by atoms with Crippen LogP contribution >= 0.6 is 0 Å². The van der Waals surface area contributed by atoms with Gasteiger partial charge in [-0.2, -0.15) is 0 Å². The molecule has 0 bridgehead atoms. The molecule has 9 nitrogen and oxygen atoms in total. The molecule has 0 aromatic rings. The Balaban J connectivity index is -0.0000000184. The van der Waals surface area contributed by atoms with Crippen molar-refractivity contribution >= 4 is 44.9 Å². The summed E-state index contributed by atoms with van der Waals surface area (Å²) < 4.78 is 25.6. The van der Waals surface area contributed by atoms with Crippen LogP contribution in [0.15, 0.2) is 0 Å². The molecule has 0 N–H and O–H groups in total. The standard InChI is InChI=1S/Al.Li.3O3Si.Zn/c;;3*1-4(2)3;/q+3;+1;3*-2;+2. The SMILES string of the molecule is O=[Si]([O-])[O-].O=[Si]([O-])[O-].O=[Si]([O-])[O-].[Al+3].[Li+].[Zn+2]. The largest absolute Gasteiger partial charge is 3.00 e. The van der Waals surface area contributed by atoms with Crippen molar-refractivity contribution in [2.75, 3.05) is 0 Å². The second-order valence-electron chi connectivity index (χ2n) is 0.750. The van der Waals surface area contributed by atoms with Gasteiger partial charge in [0.25, 0.3) is 0 Å². The minimum Gasteiger partial charge on any atom is -0.672 e. The Kier molecular flexibility index (Phi) is 70.5. The van der Waals surface area contributed by atoms with Crippen LogP contribution in [0, 0.1) is 0 Å².